The van der Waals surface area contributed by atoms with Gasteiger partial charge in [-0.3, -0.25) is 0 Å². The Hall–Kier alpha value is -2.31. The summed E-state index contributed by atoms with van der Waals surface area (Å²) in [7, 11) is 0. The molecule has 1 aliphatic heterocycles. The van der Waals surface area contributed by atoms with Crippen molar-refractivity contribution in [2.45, 2.75) is 18.4 Å². The van der Waals surface area contributed by atoms with Gasteiger partial charge in [0.25, 0.3) is 0 Å². The summed E-state index contributed by atoms with van der Waals surface area (Å²) in [5, 5.41) is 10.8. The lowest BCUT2D eigenvalue weighted by atomic mass is 9.87. The van der Waals surface area contributed by atoms with Crippen LogP contribution >= 0.6 is 0 Å². The molecular formula is C19H18FNO. The Morgan fingerprint density at radius 2 is 1.73 bits per heavy atom. The highest BCUT2D eigenvalue weighted by Crippen LogP contribution is 2.32. The van der Waals surface area contributed by atoms with Gasteiger partial charge in [-0.25, -0.2) is 4.39 Å². The van der Waals surface area contributed by atoms with E-state index in [4.69, 9.17) is 6.42 Å². The van der Waals surface area contributed by atoms with Crippen LogP contribution in [-0.2, 0) is 5.60 Å². The monoisotopic (exact) mass is 295 g/mol. The minimum absolute atomic E-state index is 0.344. The summed E-state index contributed by atoms with van der Waals surface area (Å²) in [4.78, 5) is 2.02. The van der Waals surface area contributed by atoms with Crippen molar-refractivity contribution in [3.63, 3.8) is 0 Å². The predicted molar refractivity (Wildman–Crippen MR) is 86.1 cm³/mol. The van der Waals surface area contributed by atoms with Crippen molar-refractivity contribution in [3.8, 4) is 12.3 Å². The summed E-state index contributed by atoms with van der Waals surface area (Å²) >= 11 is 0. The molecule has 2 aromatic rings. The second-order valence-corrected chi connectivity index (χ2v) is 5.58. The van der Waals surface area contributed by atoms with Gasteiger partial charge in [-0.2, -0.15) is 0 Å². The first-order valence-electron chi connectivity index (χ1n) is 7.46. The fourth-order valence-corrected chi connectivity index (χ4v) is 2.96. The Bertz CT molecular complexity index is 701. The van der Waals surface area contributed by atoms with E-state index in [0.29, 0.717) is 16.8 Å². The van der Waals surface area contributed by atoms with Crippen molar-refractivity contribution in [1.82, 2.24) is 0 Å². The molecule has 1 heterocycles. The summed E-state index contributed by atoms with van der Waals surface area (Å²) in [6, 6.07) is 13.7. The molecule has 0 saturated carbocycles. The number of hydrogen-bond donors (Lipinski definition) is 1. The maximum absolute atomic E-state index is 14.5. The zero-order valence-corrected chi connectivity index (χ0v) is 12.3. The Morgan fingerprint density at radius 3 is 2.32 bits per heavy atom. The van der Waals surface area contributed by atoms with Gasteiger partial charge in [0.2, 0.25) is 0 Å². The van der Waals surface area contributed by atoms with Crippen molar-refractivity contribution >= 4 is 5.69 Å². The third-order valence-electron chi connectivity index (χ3n) is 4.21. The number of rotatable bonds is 3. The largest absolute Gasteiger partial charge is 0.369 e. The maximum atomic E-state index is 14.5. The van der Waals surface area contributed by atoms with Crippen LogP contribution in [0.1, 0.15) is 24.0 Å². The normalized spacial score (nSPS) is 17.0. The highest BCUT2D eigenvalue weighted by atomic mass is 19.1. The number of anilines is 1. The molecule has 0 bridgehead atoms. The van der Waals surface area contributed by atoms with E-state index in [1.807, 2.05) is 11.0 Å². The molecule has 112 valence electrons. The van der Waals surface area contributed by atoms with Gasteiger partial charge in [-0.15, -0.1) is 6.42 Å². The topological polar surface area (TPSA) is 23.5 Å². The van der Waals surface area contributed by atoms with Gasteiger partial charge >= 0.3 is 0 Å². The van der Waals surface area contributed by atoms with E-state index in [-0.39, 0.29) is 5.82 Å². The molecule has 1 N–H and O–H groups in total. The summed E-state index contributed by atoms with van der Waals surface area (Å²) in [5.41, 5.74) is -0.104. The molecular weight excluding hydrogens is 277 g/mol. The smallest absolute Gasteiger partial charge is 0.176 e. The molecule has 3 rings (SSSR count). The van der Waals surface area contributed by atoms with E-state index >= 15 is 0 Å². The van der Waals surface area contributed by atoms with Crippen LogP contribution in [0.2, 0.25) is 0 Å². The van der Waals surface area contributed by atoms with Crippen LogP contribution in [0, 0.1) is 18.2 Å². The van der Waals surface area contributed by atoms with Crippen molar-refractivity contribution in [2.24, 2.45) is 0 Å². The van der Waals surface area contributed by atoms with Gasteiger partial charge in [-0.1, -0.05) is 42.3 Å². The van der Waals surface area contributed by atoms with Crippen molar-refractivity contribution in [2.75, 3.05) is 18.0 Å². The van der Waals surface area contributed by atoms with Crippen molar-refractivity contribution in [3.05, 3.63) is 65.5 Å². The van der Waals surface area contributed by atoms with Gasteiger partial charge in [0.1, 0.15) is 5.82 Å². The van der Waals surface area contributed by atoms with Crippen LogP contribution in [-0.4, -0.2) is 18.2 Å². The molecule has 1 fully saturated rings. The van der Waals surface area contributed by atoms with Crippen LogP contribution in [0.25, 0.3) is 0 Å². The molecule has 1 saturated heterocycles. The van der Waals surface area contributed by atoms with Crippen LogP contribution in [0.15, 0.2) is 48.5 Å². The lowest BCUT2D eigenvalue weighted by Gasteiger charge is -2.25. The summed E-state index contributed by atoms with van der Waals surface area (Å²) in [6.45, 7) is 1.74. The fourth-order valence-electron chi connectivity index (χ4n) is 2.96. The quantitative estimate of drug-likeness (QED) is 0.878. The molecule has 22 heavy (non-hydrogen) atoms. The number of halogens is 1. The average molecular weight is 295 g/mol. The van der Waals surface area contributed by atoms with Crippen LogP contribution in [0.4, 0.5) is 10.1 Å². The van der Waals surface area contributed by atoms with Crippen LogP contribution in [0.5, 0.6) is 0 Å². The Balaban J connectivity index is 2.00. The van der Waals surface area contributed by atoms with Gasteiger partial charge in [-0.05, 0) is 25.0 Å². The first-order chi connectivity index (χ1) is 10.6. The molecule has 0 aliphatic carbocycles. The number of aliphatic hydroxyl groups is 1. The fraction of sp³-hybridized carbons (Fsp3) is 0.263. The third kappa shape index (κ3) is 2.47. The average Bonchev–Trinajstić information content (AvgIpc) is 3.09. The molecule has 0 radical (unpaired) electrons. The summed E-state index contributed by atoms with van der Waals surface area (Å²) in [5.74, 6) is 2.06. The number of hydrogen-bond acceptors (Lipinski definition) is 2. The van der Waals surface area contributed by atoms with Crippen molar-refractivity contribution in [1.29, 1.82) is 0 Å². The first-order valence-corrected chi connectivity index (χ1v) is 7.46. The molecule has 1 atom stereocenters. The van der Waals surface area contributed by atoms with E-state index in [0.717, 1.165) is 25.9 Å². The zero-order chi connectivity index (χ0) is 15.6. The van der Waals surface area contributed by atoms with E-state index < -0.39 is 5.60 Å². The number of benzene rings is 2. The highest BCUT2D eigenvalue weighted by molar-refractivity contribution is 5.53. The summed E-state index contributed by atoms with van der Waals surface area (Å²) < 4.78 is 14.5. The maximum Gasteiger partial charge on any atom is 0.176 e. The van der Waals surface area contributed by atoms with E-state index in [2.05, 4.69) is 5.92 Å². The summed E-state index contributed by atoms with van der Waals surface area (Å²) in [6.07, 6.45) is 7.71. The van der Waals surface area contributed by atoms with Crippen LogP contribution in [0.3, 0.4) is 0 Å². The molecule has 0 aromatic heterocycles. The third-order valence-corrected chi connectivity index (χ3v) is 4.21. The van der Waals surface area contributed by atoms with Gasteiger partial charge < -0.3 is 10.0 Å². The highest BCUT2D eigenvalue weighted by Gasteiger charge is 2.30. The Morgan fingerprint density at radius 1 is 1.05 bits per heavy atom. The van der Waals surface area contributed by atoms with E-state index in [1.54, 1.807) is 36.4 Å². The number of nitrogens with zero attached hydrogens (tertiary/aromatic N) is 1. The molecule has 3 heteroatoms. The predicted octanol–water partition coefficient (Wildman–Crippen LogP) is 3.30. The molecule has 0 amide bonds. The lowest BCUT2D eigenvalue weighted by Crippen LogP contribution is -2.26. The van der Waals surface area contributed by atoms with E-state index in [9.17, 15) is 9.50 Å². The minimum atomic E-state index is -1.62. The van der Waals surface area contributed by atoms with Gasteiger partial charge in [0.15, 0.2) is 5.60 Å². The van der Waals surface area contributed by atoms with Crippen molar-refractivity contribution < 1.29 is 9.50 Å². The van der Waals surface area contributed by atoms with Gasteiger partial charge in [0.05, 0.1) is 5.69 Å². The molecule has 2 aromatic carbocycles. The Kier molecular flexibility index (Phi) is 3.87. The second kappa shape index (κ2) is 5.82. The number of terminal acetylenes is 1. The minimum Gasteiger partial charge on any atom is -0.369 e. The zero-order valence-electron chi connectivity index (χ0n) is 12.3. The SMILES string of the molecule is C#CC(O)(c1ccccc1)c1ccc(N2CCCC2)c(F)c1. The van der Waals surface area contributed by atoms with E-state index in [1.165, 1.54) is 6.07 Å². The standard InChI is InChI=1S/C19H18FNO/c1-2-19(22,15-8-4-3-5-9-15)16-10-11-18(17(20)14-16)21-12-6-7-13-21/h1,3-5,8-11,14,22H,6-7,12-13H2. The van der Waals surface area contributed by atoms with Gasteiger partial charge in [0, 0.05) is 24.2 Å². The molecule has 0 spiro atoms. The lowest BCUT2D eigenvalue weighted by molar-refractivity contribution is 0.145. The molecule has 1 aliphatic rings. The molecule has 1 unspecified atom stereocenters. The molecule has 2 nitrogen and oxygen atoms in total. The second-order valence-electron chi connectivity index (χ2n) is 5.58. The first kappa shape index (κ1) is 14.6. The van der Waals surface area contributed by atoms with Crippen LogP contribution < -0.4 is 4.90 Å². The Labute approximate surface area is 130 Å².